The Labute approximate surface area is 143 Å². The number of aryl methyl sites for hydroxylation is 1. The molecule has 0 saturated heterocycles. The summed E-state index contributed by atoms with van der Waals surface area (Å²) in [6, 6.07) is 9.55. The molecule has 0 aliphatic heterocycles. The molecule has 0 spiro atoms. The molecule has 3 rings (SSSR count). The Morgan fingerprint density at radius 3 is 2.74 bits per heavy atom. The molecule has 0 radical (unpaired) electrons. The molecular weight excluding hydrogens is 332 g/mol. The van der Waals surface area contributed by atoms with Crippen molar-refractivity contribution in [3.8, 4) is 0 Å². The van der Waals surface area contributed by atoms with Gasteiger partial charge in [0.25, 0.3) is 5.56 Å². The molecule has 2 heterocycles. The summed E-state index contributed by atoms with van der Waals surface area (Å²) in [4.78, 5) is 19.4. The highest BCUT2D eigenvalue weighted by molar-refractivity contribution is 7.16. The Bertz CT molecular complexity index is 887. The average Bonchev–Trinajstić information content (AvgIpc) is 2.88. The predicted molar refractivity (Wildman–Crippen MR) is 93.2 cm³/mol. The summed E-state index contributed by atoms with van der Waals surface area (Å²) in [7, 11) is 2.01. The molecule has 0 amide bonds. The summed E-state index contributed by atoms with van der Waals surface area (Å²) >= 11 is 7.36. The molecule has 7 heteroatoms. The van der Waals surface area contributed by atoms with Gasteiger partial charge in [-0.25, -0.2) is 4.98 Å². The molecule has 2 aromatic heterocycles. The molecule has 1 atom stereocenters. The number of hydrogen-bond donors (Lipinski definition) is 0. The van der Waals surface area contributed by atoms with Crippen molar-refractivity contribution in [2.75, 3.05) is 7.05 Å². The maximum Gasteiger partial charge on any atom is 0.275 e. The zero-order chi connectivity index (χ0) is 16.6. The van der Waals surface area contributed by atoms with Crippen LogP contribution in [0, 0.1) is 6.92 Å². The first-order valence-corrected chi connectivity index (χ1v) is 8.45. The Morgan fingerprint density at radius 2 is 2.04 bits per heavy atom. The van der Waals surface area contributed by atoms with Gasteiger partial charge in [-0.15, -0.1) is 0 Å². The van der Waals surface area contributed by atoms with E-state index in [0.717, 1.165) is 15.7 Å². The summed E-state index contributed by atoms with van der Waals surface area (Å²) in [5, 5.41) is 5.71. The van der Waals surface area contributed by atoms with E-state index < -0.39 is 0 Å². The van der Waals surface area contributed by atoms with E-state index in [4.69, 9.17) is 11.6 Å². The number of fused-ring (bicyclic) bond motifs is 1. The van der Waals surface area contributed by atoms with Crippen LogP contribution in [-0.4, -0.2) is 26.5 Å². The average molecular weight is 349 g/mol. The zero-order valence-corrected chi connectivity index (χ0v) is 14.7. The van der Waals surface area contributed by atoms with Crippen molar-refractivity contribution >= 4 is 27.9 Å². The molecule has 3 aromatic rings. The standard InChI is InChI=1S/C16H17ClN4OS/c1-10(12-4-6-13(17)7-5-12)20(3)9-14-8-15(22)21-16(18-14)23-11(2)19-21/h4-8,10H,9H2,1-3H3/t10-/m1/s1. The van der Waals surface area contributed by atoms with Crippen molar-refractivity contribution in [3.05, 3.63) is 62.0 Å². The van der Waals surface area contributed by atoms with Crippen LogP contribution < -0.4 is 5.56 Å². The molecule has 0 N–H and O–H groups in total. The van der Waals surface area contributed by atoms with Gasteiger partial charge in [-0.05, 0) is 38.6 Å². The molecule has 0 fully saturated rings. The van der Waals surface area contributed by atoms with E-state index in [1.807, 2.05) is 38.2 Å². The second-order valence-corrected chi connectivity index (χ2v) is 7.14. The lowest BCUT2D eigenvalue weighted by atomic mass is 10.1. The number of aromatic nitrogens is 3. The molecule has 0 unspecified atom stereocenters. The van der Waals surface area contributed by atoms with Gasteiger partial charge in [0.05, 0.1) is 5.69 Å². The Hall–Kier alpha value is -1.76. The van der Waals surface area contributed by atoms with Gasteiger partial charge < -0.3 is 0 Å². The van der Waals surface area contributed by atoms with Crippen LogP contribution in [-0.2, 0) is 6.54 Å². The van der Waals surface area contributed by atoms with Gasteiger partial charge in [0.2, 0.25) is 4.96 Å². The fourth-order valence-electron chi connectivity index (χ4n) is 2.42. The SMILES string of the molecule is Cc1nn2c(=O)cc(CN(C)[C@H](C)c3ccc(Cl)cc3)nc2s1. The molecule has 0 aliphatic rings. The minimum absolute atomic E-state index is 0.137. The van der Waals surface area contributed by atoms with E-state index in [9.17, 15) is 4.79 Å². The first kappa shape index (κ1) is 16.1. The van der Waals surface area contributed by atoms with Crippen LogP contribution >= 0.6 is 22.9 Å². The first-order valence-electron chi connectivity index (χ1n) is 7.26. The van der Waals surface area contributed by atoms with E-state index in [1.54, 1.807) is 6.07 Å². The number of nitrogens with zero attached hydrogens (tertiary/aromatic N) is 4. The summed E-state index contributed by atoms with van der Waals surface area (Å²) in [5.41, 5.74) is 1.78. The molecule has 120 valence electrons. The van der Waals surface area contributed by atoms with Crippen LogP contribution in [0.2, 0.25) is 5.02 Å². The fraction of sp³-hybridized carbons (Fsp3) is 0.312. The highest BCUT2D eigenvalue weighted by Crippen LogP contribution is 2.22. The molecular formula is C16H17ClN4OS. The monoisotopic (exact) mass is 348 g/mol. The van der Waals surface area contributed by atoms with Crippen LogP contribution in [0.4, 0.5) is 0 Å². The van der Waals surface area contributed by atoms with E-state index in [-0.39, 0.29) is 11.6 Å². The quantitative estimate of drug-likeness (QED) is 0.725. The van der Waals surface area contributed by atoms with Crippen molar-refractivity contribution in [1.29, 1.82) is 0 Å². The van der Waals surface area contributed by atoms with Crippen LogP contribution in [0.3, 0.4) is 0 Å². The molecule has 0 saturated carbocycles. The largest absolute Gasteiger partial charge is 0.294 e. The third-order valence-corrected chi connectivity index (χ3v) is 4.90. The van der Waals surface area contributed by atoms with Gasteiger partial charge in [0.15, 0.2) is 0 Å². The minimum atomic E-state index is -0.137. The first-order chi connectivity index (χ1) is 10.9. The number of hydrogen-bond acceptors (Lipinski definition) is 5. The molecule has 0 bridgehead atoms. The van der Waals surface area contributed by atoms with E-state index in [0.29, 0.717) is 11.5 Å². The van der Waals surface area contributed by atoms with Gasteiger partial charge >= 0.3 is 0 Å². The predicted octanol–water partition coefficient (Wildman–Crippen LogP) is 3.31. The van der Waals surface area contributed by atoms with Gasteiger partial charge in [0, 0.05) is 23.7 Å². The van der Waals surface area contributed by atoms with Crippen molar-refractivity contribution in [2.45, 2.75) is 26.4 Å². The number of halogens is 1. The summed E-state index contributed by atoms with van der Waals surface area (Å²) in [5.74, 6) is 0. The molecule has 23 heavy (non-hydrogen) atoms. The highest BCUT2D eigenvalue weighted by Gasteiger charge is 2.14. The highest BCUT2D eigenvalue weighted by atomic mass is 35.5. The van der Waals surface area contributed by atoms with E-state index in [2.05, 4.69) is 21.9 Å². The Balaban J connectivity index is 1.83. The lowest BCUT2D eigenvalue weighted by molar-refractivity contribution is 0.250. The second-order valence-electron chi connectivity index (χ2n) is 5.54. The van der Waals surface area contributed by atoms with Crippen molar-refractivity contribution in [2.24, 2.45) is 0 Å². The van der Waals surface area contributed by atoms with Crippen LogP contribution in [0.5, 0.6) is 0 Å². The maximum absolute atomic E-state index is 12.1. The fourth-order valence-corrected chi connectivity index (χ4v) is 3.31. The number of benzene rings is 1. The van der Waals surface area contributed by atoms with Gasteiger partial charge in [-0.1, -0.05) is 35.1 Å². The third kappa shape index (κ3) is 3.44. The van der Waals surface area contributed by atoms with Gasteiger partial charge in [-0.3, -0.25) is 9.69 Å². The molecule has 5 nitrogen and oxygen atoms in total. The smallest absolute Gasteiger partial charge is 0.275 e. The molecule has 0 aliphatic carbocycles. The van der Waals surface area contributed by atoms with Crippen LogP contribution in [0.15, 0.2) is 35.1 Å². The van der Waals surface area contributed by atoms with Gasteiger partial charge in [0.1, 0.15) is 5.01 Å². The zero-order valence-electron chi connectivity index (χ0n) is 13.2. The topological polar surface area (TPSA) is 50.5 Å². The lowest BCUT2D eigenvalue weighted by Gasteiger charge is -2.24. The van der Waals surface area contributed by atoms with Crippen LogP contribution in [0.25, 0.3) is 4.96 Å². The second kappa shape index (κ2) is 6.39. The Kier molecular flexibility index (Phi) is 4.48. The van der Waals surface area contributed by atoms with E-state index >= 15 is 0 Å². The molecule has 1 aromatic carbocycles. The van der Waals surface area contributed by atoms with Crippen molar-refractivity contribution in [1.82, 2.24) is 19.5 Å². The number of rotatable bonds is 4. The minimum Gasteiger partial charge on any atom is -0.294 e. The normalized spacial score (nSPS) is 12.9. The Morgan fingerprint density at radius 1 is 1.35 bits per heavy atom. The third-order valence-electron chi connectivity index (χ3n) is 3.82. The van der Waals surface area contributed by atoms with Crippen molar-refractivity contribution in [3.63, 3.8) is 0 Å². The summed E-state index contributed by atoms with van der Waals surface area (Å²) in [6.07, 6.45) is 0. The maximum atomic E-state index is 12.1. The lowest BCUT2D eigenvalue weighted by Crippen LogP contribution is -2.24. The summed E-state index contributed by atoms with van der Waals surface area (Å²) < 4.78 is 1.35. The van der Waals surface area contributed by atoms with E-state index in [1.165, 1.54) is 21.4 Å². The summed E-state index contributed by atoms with van der Waals surface area (Å²) in [6.45, 7) is 4.57. The van der Waals surface area contributed by atoms with Crippen LogP contribution in [0.1, 0.15) is 29.2 Å². The van der Waals surface area contributed by atoms with Crippen molar-refractivity contribution < 1.29 is 0 Å². The van der Waals surface area contributed by atoms with Gasteiger partial charge in [-0.2, -0.15) is 9.61 Å².